The molecule has 2 aliphatic heterocycles. The number of aliphatic hydroxyl groups is 1. The fourth-order valence-corrected chi connectivity index (χ4v) is 10.5. The molecule has 2 aliphatic rings. The second kappa shape index (κ2) is 29.0. The van der Waals surface area contributed by atoms with Crippen LogP contribution in [0.4, 0.5) is 0 Å². The molecule has 11 atom stereocenters. The van der Waals surface area contributed by atoms with Crippen LogP contribution in [0.15, 0.2) is 54.6 Å². The Kier molecular flexibility index (Phi) is 24.1. The van der Waals surface area contributed by atoms with Crippen molar-refractivity contribution in [2.45, 2.75) is 187 Å². The number of nitrogens with one attached hydrogen (secondary N) is 3. The van der Waals surface area contributed by atoms with Crippen LogP contribution in [0, 0.1) is 21.3 Å². The van der Waals surface area contributed by atoms with E-state index in [0.717, 1.165) is 14.0 Å². The monoisotopic (exact) mass is 1200 g/mol. The highest BCUT2D eigenvalue weighted by Crippen LogP contribution is 2.27. The van der Waals surface area contributed by atoms with Gasteiger partial charge in [-0.2, -0.15) is 0 Å². The topological polar surface area (TPSA) is 235 Å². The number of carbonyl (C=O) groups excluding carboxylic acids is 9. The SMILES string of the molecule is CCC[C@H]1C(=O)NC(Cc2ccccc2)C(=O)N(C)C(Cc2ccc(I)cc2)C(=O)N2CCC[C@H]2C(=O)NC([C@H](C)CC)C(=O)N(C)[C@@H](C)C(=O)N[C@@H](CC(C)C)C(=O)N(C)[C@@H](C(C)(C)O)C(=O)OC([C@H](C)CC)C(=O)N1C. The van der Waals surface area contributed by atoms with Gasteiger partial charge in [0, 0.05) is 57.1 Å². The molecule has 2 aromatic rings. The van der Waals surface area contributed by atoms with E-state index in [-0.39, 0.29) is 44.6 Å². The molecule has 8 amide bonds. The first-order valence-corrected chi connectivity index (χ1v) is 28.7. The Morgan fingerprint density at radius 3 is 1.78 bits per heavy atom. The fraction of sp³-hybridized carbons (Fsp3) is 0.638. The van der Waals surface area contributed by atoms with E-state index < -0.39 is 125 Å². The highest BCUT2D eigenvalue weighted by atomic mass is 127. The van der Waals surface area contributed by atoms with Crippen LogP contribution in [0.1, 0.15) is 125 Å². The van der Waals surface area contributed by atoms with Crippen LogP contribution < -0.4 is 16.0 Å². The van der Waals surface area contributed by atoms with Crippen molar-refractivity contribution < 1.29 is 53.0 Å². The second-order valence-electron chi connectivity index (χ2n) is 22.4. The molecular formula is C58H87IN8O11. The molecule has 4 rings (SSSR count). The highest BCUT2D eigenvalue weighted by molar-refractivity contribution is 14.1. The number of hydrogen-bond donors (Lipinski definition) is 4. The smallest absolute Gasteiger partial charge is 0.332 e. The zero-order valence-electron chi connectivity index (χ0n) is 48.3. The highest BCUT2D eigenvalue weighted by Gasteiger charge is 2.47. The van der Waals surface area contributed by atoms with E-state index in [4.69, 9.17) is 4.74 Å². The molecular weight excluding hydrogens is 1110 g/mol. The van der Waals surface area contributed by atoms with Gasteiger partial charge in [-0.1, -0.05) is 104 Å². The van der Waals surface area contributed by atoms with Crippen molar-refractivity contribution in [2.24, 2.45) is 17.8 Å². The molecule has 2 heterocycles. The summed E-state index contributed by atoms with van der Waals surface area (Å²) >= 11 is 2.18. The Morgan fingerprint density at radius 1 is 0.654 bits per heavy atom. The molecule has 2 fully saturated rings. The van der Waals surface area contributed by atoms with E-state index >= 15 is 9.59 Å². The lowest BCUT2D eigenvalue weighted by molar-refractivity contribution is -0.177. The van der Waals surface area contributed by atoms with Gasteiger partial charge in [0.1, 0.15) is 42.3 Å². The van der Waals surface area contributed by atoms with Crippen molar-refractivity contribution in [2.75, 3.05) is 34.7 Å². The van der Waals surface area contributed by atoms with Gasteiger partial charge in [0.25, 0.3) is 5.91 Å². The van der Waals surface area contributed by atoms with Crippen LogP contribution in [-0.2, 0) is 60.7 Å². The van der Waals surface area contributed by atoms with E-state index in [2.05, 4.69) is 38.5 Å². The molecule has 20 heteroatoms. The van der Waals surface area contributed by atoms with Crippen LogP contribution >= 0.6 is 22.6 Å². The standard InChI is InChI=1S/C58H87IN8O11/c1-15-22-43-50(69)61-42(32-38-23-19-18-20-24-38)52(71)65(13)45(33-39-26-28-40(59)29-27-39)54(73)67-30-21-25-44(67)51(70)62-46(35(6)16-2)55(74)63(11)37(8)49(68)60-41(31-34(4)5)53(72)66(14)48(58(9,10)77)57(76)78-47(36(7)17-3)56(75)64(43)12/h18-20,23-24,26-29,34-37,41-48,77H,15-17,21-22,25,30-33H2,1-14H3,(H,60,68)(H,61,69)(H,62,70)/t35-,36-,37+,41+,42?,43+,44+,45?,46?,47?,48-/m1/s1. The quantitative estimate of drug-likeness (QED) is 0.161. The van der Waals surface area contributed by atoms with E-state index in [0.29, 0.717) is 31.2 Å². The Labute approximate surface area is 475 Å². The van der Waals surface area contributed by atoms with Crippen LogP contribution in [0.5, 0.6) is 0 Å². The first-order valence-electron chi connectivity index (χ1n) is 27.6. The van der Waals surface area contributed by atoms with Gasteiger partial charge in [0.15, 0.2) is 12.1 Å². The van der Waals surface area contributed by atoms with Gasteiger partial charge < -0.3 is 50.3 Å². The molecule has 0 aliphatic carbocycles. The van der Waals surface area contributed by atoms with Crippen molar-refractivity contribution in [3.63, 3.8) is 0 Å². The Hall–Kier alpha value is -5.64. The molecule has 19 nitrogen and oxygen atoms in total. The number of nitrogens with zero attached hydrogens (tertiary/aromatic N) is 5. The number of esters is 1. The Morgan fingerprint density at radius 2 is 1.22 bits per heavy atom. The lowest BCUT2D eigenvalue weighted by Gasteiger charge is -2.39. The van der Waals surface area contributed by atoms with E-state index in [1.165, 1.54) is 68.6 Å². The van der Waals surface area contributed by atoms with Crippen LogP contribution in [0.2, 0.25) is 0 Å². The molecule has 0 radical (unpaired) electrons. The molecule has 0 saturated carbocycles. The lowest BCUT2D eigenvalue weighted by Crippen LogP contribution is -2.62. The summed E-state index contributed by atoms with van der Waals surface area (Å²) in [4.78, 5) is 139. The van der Waals surface area contributed by atoms with Gasteiger partial charge in [-0.15, -0.1) is 0 Å². The minimum atomic E-state index is -1.96. The summed E-state index contributed by atoms with van der Waals surface area (Å²) in [5.41, 5.74) is -0.532. The molecule has 432 valence electrons. The molecule has 0 aromatic heterocycles. The van der Waals surface area contributed by atoms with Gasteiger partial charge in [-0.3, -0.25) is 38.4 Å². The molecule has 0 bridgehead atoms. The van der Waals surface area contributed by atoms with Gasteiger partial charge in [0.05, 0.1) is 5.60 Å². The Balaban J connectivity index is 1.95. The third kappa shape index (κ3) is 16.5. The number of amides is 8. The van der Waals surface area contributed by atoms with Crippen LogP contribution in [0.3, 0.4) is 0 Å². The van der Waals surface area contributed by atoms with Crippen molar-refractivity contribution in [1.82, 2.24) is 40.4 Å². The minimum Gasteiger partial charge on any atom is -0.450 e. The van der Waals surface area contributed by atoms with Gasteiger partial charge in [0.2, 0.25) is 41.4 Å². The van der Waals surface area contributed by atoms with Crippen LogP contribution in [0.25, 0.3) is 0 Å². The zero-order chi connectivity index (χ0) is 58.5. The number of carbonyl (C=O) groups is 9. The summed E-state index contributed by atoms with van der Waals surface area (Å²) in [7, 11) is 5.63. The van der Waals surface area contributed by atoms with Crippen molar-refractivity contribution in [1.29, 1.82) is 0 Å². The van der Waals surface area contributed by atoms with Crippen LogP contribution in [-0.4, -0.2) is 178 Å². The molecule has 2 saturated heterocycles. The van der Waals surface area contributed by atoms with Crippen molar-refractivity contribution in [3.8, 4) is 0 Å². The molecule has 0 spiro atoms. The number of likely N-dealkylation sites (N-methyl/N-ethyl adjacent to an activating group) is 4. The normalized spacial score (nSPS) is 26.6. The van der Waals surface area contributed by atoms with E-state index in [9.17, 15) is 38.7 Å². The van der Waals surface area contributed by atoms with E-state index in [1.54, 1.807) is 32.9 Å². The number of benzene rings is 2. The van der Waals surface area contributed by atoms with Gasteiger partial charge >= 0.3 is 5.97 Å². The first kappa shape index (κ1) is 64.9. The van der Waals surface area contributed by atoms with Gasteiger partial charge in [-0.05, 0) is 111 Å². The maximum atomic E-state index is 15.3. The number of fused-ring (bicyclic) bond motifs is 1. The lowest BCUT2D eigenvalue weighted by atomic mass is 9.94. The third-order valence-electron chi connectivity index (χ3n) is 15.5. The number of ether oxygens (including phenoxy) is 1. The first-order chi connectivity index (χ1) is 36.6. The third-order valence-corrected chi connectivity index (χ3v) is 16.3. The number of halogens is 1. The van der Waals surface area contributed by atoms with E-state index in [1.807, 2.05) is 70.2 Å². The maximum absolute atomic E-state index is 15.3. The number of cyclic esters (lactones) is 1. The predicted molar refractivity (Wildman–Crippen MR) is 305 cm³/mol. The number of rotatable bonds is 13. The molecule has 2 aromatic carbocycles. The largest absolute Gasteiger partial charge is 0.450 e. The minimum absolute atomic E-state index is 0.000358. The van der Waals surface area contributed by atoms with Crippen molar-refractivity contribution >= 4 is 75.8 Å². The summed E-state index contributed by atoms with van der Waals surface area (Å²) in [5, 5.41) is 20.3. The Bertz CT molecular complexity index is 2420. The fourth-order valence-electron chi connectivity index (χ4n) is 10.2. The zero-order valence-corrected chi connectivity index (χ0v) is 50.5. The van der Waals surface area contributed by atoms with Gasteiger partial charge in [-0.25, -0.2) is 4.79 Å². The summed E-state index contributed by atoms with van der Waals surface area (Å²) < 4.78 is 7.02. The summed E-state index contributed by atoms with van der Waals surface area (Å²) in [5.74, 6) is -7.54. The molecule has 4 N–H and O–H groups in total. The summed E-state index contributed by atoms with van der Waals surface area (Å²) in [6.07, 6.45) is 0.690. The maximum Gasteiger partial charge on any atom is 0.332 e. The average molecular weight is 1200 g/mol. The predicted octanol–water partition coefficient (Wildman–Crippen LogP) is 4.48. The molecule has 78 heavy (non-hydrogen) atoms. The summed E-state index contributed by atoms with van der Waals surface area (Å²) in [6, 6.07) is 6.56. The van der Waals surface area contributed by atoms with Crippen molar-refractivity contribution in [3.05, 3.63) is 69.3 Å². The summed E-state index contributed by atoms with van der Waals surface area (Å²) in [6.45, 7) is 17.0. The average Bonchev–Trinajstić information content (AvgIpc) is 3.90. The number of hydrogen-bond acceptors (Lipinski definition) is 11. The second-order valence-corrected chi connectivity index (χ2v) is 23.7. The molecule has 4 unspecified atom stereocenters.